The fourth-order valence-electron chi connectivity index (χ4n) is 5.60. The number of aromatic nitrogens is 1. The van der Waals surface area contributed by atoms with Crippen LogP contribution in [-0.4, -0.2) is 54.7 Å². The van der Waals surface area contributed by atoms with Crippen molar-refractivity contribution in [2.75, 3.05) is 36.7 Å². The van der Waals surface area contributed by atoms with Crippen LogP contribution in [0.5, 0.6) is 0 Å². The van der Waals surface area contributed by atoms with Gasteiger partial charge in [-0.1, -0.05) is 31.0 Å². The standard InChI is InChI=1S/C33H37ClN6O6/c1-19-6-4-7-26(38-31(42)40(2)15-5-8-29-24-17-21(34)9-12-25(24)39-33(44)46-29)28-16-20(13-14-35-28)23-11-10-22(36-32(43)45-3)18-27(23)37-30(19)41/h9-14,16-19,26,29H,4-8,15H2,1-3H3,(H,36,43)(H,37,41)(H,38,42)(H,39,44). The van der Waals surface area contributed by atoms with Gasteiger partial charge in [0.25, 0.3) is 0 Å². The molecule has 0 saturated carbocycles. The van der Waals surface area contributed by atoms with Crippen molar-refractivity contribution >= 4 is 52.8 Å². The number of rotatable bonds is 6. The number of hydrogen-bond donors (Lipinski definition) is 4. The molecular formula is C33H37ClN6O6. The number of urea groups is 1. The molecule has 2 aliphatic rings. The molecule has 2 aromatic carbocycles. The molecule has 0 radical (unpaired) electrons. The van der Waals surface area contributed by atoms with E-state index in [9.17, 15) is 19.2 Å². The van der Waals surface area contributed by atoms with E-state index in [0.29, 0.717) is 66.4 Å². The number of halogens is 1. The number of pyridine rings is 1. The van der Waals surface area contributed by atoms with E-state index in [1.54, 1.807) is 48.5 Å². The lowest BCUT2D eigenvalue weighted by Gasteiger charge is -2.28. The van der Waals surface area contributed by atoms with Crippen molar-refractivity contribution in [3.05, 3.63) is 71.0 Å². The molecule has 5 amide bonds. The van der Waals surface area contributed by atoms with Gasteiger partial charge in [-0.2, -0.15) is 0 Å². The van der Waals surface area contributed by atoms with Crippen molar-refractivity contribution in [1.82, 2.24) is 15.2 Å². The van der Waals surface area contributed by atoms with Gasteiger partial charge >= 0.3 is 18.2 Å². The summed E-state index contributed by atoms with van der Waals surface area (Å²) in [6, 6.07) is 13.5. The van der Waals surface area contributed by atoms with E-state index >= 15 is 0 Å². The second kappa shape index (κ2) is 14.5. The molecule has 242 valence electrons. The number of nitrogens with one attached hydrogen (secondary N) is 4. The topological polar surface area (TPSA) is 151 Å². The number of nitrogens with zero attached hydrogens (tertiary/aromatic N) is 2. The molecular weight excluding hydrogens is 612 g/mol. The maximum atomic E-state index is 13.4. The first-order valence-electron chi connectivity index (χ1n) is 15.2. The summed E-state index contributed by atoms with van der Waals surface area (Å²) in [5, 5.41) is 12.0. The first-order valence-corrected chi connectivity index (χ1v) is 15.5. The van der Waals surface area contributed by atoms with Crippen LogP contribution in [0.1, 0.15) is 62.4 Å². The summed E-state index contributed by atoms with van der Waals surface area (Å²) in [5.74, 6) is -0.435. The summed E-state index contributed by atoms with van der Waals surface area (Å²) < 4.78 is 10.2. The Morgan fingerprint density at radius 2 is 1.91 bits per heavy atom. The molecule has 13 heteroatoms. The average Bonchev–Trinajstić information content (AvgIpc) is 3.04. The number of methoxy groups -OCH3 is 1. The fraction of sp³-hybridized carbons (Fsp3) is 0.364. The second-order valence-corrected chi connectivity index (χ2v) is 11.9. The van der Waals surface area contributed by atoms with Gasteiger partial charge in [0.2, 0.25) is 5.91 Å². The number of benzene rings is 2. The molecule has 0 aliphatic carbocycles. The molecule has 3 atom stereocenters. The Hall–Kier alpha value is -4.84. The summed E-state index contributed by atoms with van der Waals surface area (Å²) in [7, 11) is 3.00. The molecule has 0 spiro atoms. The van der Waals surface area contributed by atoms with Gasteiger partial charge in [-0.05, 0) is 73.7 Å². The molecule has 0 saturated heterocycles. The Kier molecular flexibility index (Phi) is 10.3. The SMILES string of the molecule is COC(=O)Nc1ccc2c(c1)NC(=O)C(C)CCCC(NC(=O)N(C)CCCC1OC(=O)Nc3ccc(Cl)cc31)c1cc-2ccn1. The lowest BCUT2D eigenvalue weighted by atomic mass is 9.95. The molecule has 2 aliphatic heterocycles. The van der Waals surface area contributed by atoms with Crippen LogP contribution in [0, 0.1) is 5.92 Å². The molecule has 5 rings (SSSR count). The van der Waals surface area contributed by atoms with Crippen LogP contribution in [0.2, 0.25) is 5.02 Å². The van der Waals surface area contributed by atoms with Crippen LogP contribution in [0.15, 0.2) is 54.7 Å². The third kappa shape index (κ3) is 7.86. The second-order valence-electron chi connectivity index (χ2n) is 11.5. The number of ether oxygens (including phenoxy) is 2. The van der Waals surface area contributed by atoms with Crippen LogP contribution in [0.3, 0.4) is 0 Å². The fourth-order valence-corrected chi connectivity index (χ4v) is 5.78. The largest absolute Gasteiger partial charge is 0.453 e. The number of hydrogen-bond acceptors (Lipinski definition) is 7. The van der Waals surface area contributed by atoms with Gasteiger partial charge in [0.05, 0.1) is 30.2 Å². The van der Waals surface area contributed by atoms with Gasteiger partial charge in [0.15, 0.2) is 0 Å². The van der Waals surface area contributed by atoms with Gasteiger partial charge in [-0.25, -0.2) is 14.4 Å². The number of fused-ring (bicyclic) bond motifs is 5. The Labute approximate surface area is 272 Å². The van der Waals surface area contributed by atoms with Crippen molar-refractivity contribution in [3.8, 4) is 11.1 Å². The van der Waals surface area contributed by atoms with E-state index in [4.69, 9.17) is 21.1 Å². The van der Waals surface area contributed by atoms with Crippen LogP contribution in [0.25, 0.3) is 11.1 Å². The van der Waals surface area contributed by atoms with Crippen molar-refractivity contribution in [1.29, 1.82) is 0 Å². The number of carbonyl (C=O) groups excluding carboxylic acids is 4. The van der Waals surface area contributed by atoms with E-state index in [0.717, 1.165) is 16.7 Å². The van der Waals surface area contributed by atoms with Crippen LogP contribution >= 0.6 is 11.6 Å². The highest BCUT2D eigenvalue weighted by molar-refractivity contribution is 6.30. The monoisotopic (exact) mass is 648 g/mol. The lowest BCUT2D eigenvalue weighted by Crippen LogP contribution is -2.40. The van der Waals surface area contributed by atoms with Gasteiger partial charge in [0.1, 0.15) is 6.10 Å². The van der Waals surface area contributed by atoms with Gasteiger partial charge in [-0.15, -0.1) is 0 Å². The van der Waals surface area contributed by atoms with E-state index in [2.05, 4.69) is 26.3 Å². The highest BCUT2D eigenvalue weighted by atomic mass is 35.5. The Balaban J connectivity index is 1.30. The molecule has 1 aromatic heterocycles. The van der Waals surface area contributed by atoms with E-state index in [1.165, 1.54) is 7.11 Å². The molecule has 0 fully saturated rings. The zero-order chi connectivity index (χ0) is 32.8. The van der Waals surface area contributed by atoms with E-state index in [1.807, 2.05) is 25.1 Å². The zero-order valence-electron chi connectivity index (χ0n) is 25.9. The minimum atomic E-state index is -0.618. The van der Waals surface area contributed by atoms with E-state index in [-0.39, 0.29) is 17.9 Å². The highest BCUT2D eigenvalue weighted by Gasteiger charge is 2.27. The molecule has 3 aromatic rings. The zero-order valence-corrected chi connectivity index (χ0v) is 26.6. The van der Waals surface area contributed by atoms with Crippen LogP contribution in [-0.2, 0) is 14.3 Å². The molecule has 46 heavy (non-hydrogen) atoms. The quantitative estimate of drug-likeness (QED) is 0.222. The smallest absolute Gasteiger partial charge is 0.412 e. The summed E-state index contributed by atoms with van der Waals surface area (Å²) >= 11 is 6.17. The summed E-state index contributed by atoms with van der Waals surface area (Å²) in [6.45, 7) is 2.29. The number of anilines is 3. The normalized spacial score (nSPS) is 19.0. The average molecular weight is 649 g/mol. The molecule has 2 bridgehead atoms. The van der Waals surface area contributed by atoms with Crippen molar-refractivity contribution in [2.45, 2.75) is 51.2 Å². The third-order valence-electron chi connectivity index (χ3n) is 8.19. The lowest BCUT2D eigenvalue weighted by molar-refractivity contribution is -0.119. The first kappa shape index (κ1) is 32.6. The maximum absolute atomic E-state index is 13.4. The Bertz CT molecular complexity index is 1630. The molecule has 3 unspecified atom stereocenters. The van der Waals surface area contributed by atoms with Crippen LogP contribution in [0.4, 0.5) is 31.4 Å². The van der Waals surface area contributed by atoms with Crippen molar-refractivity contribution < 1.29 is 28.7 Å². The molecule has 3 heterocycles. The molecule has 4 N–H and O–H groups in total. The number of cyclic esters (lactones) is 1. The third-order valence-corrected chi connectivity index (χ3v) is 8.42. The number of amides is 5. The summed E-state index contributed by atoms with van der Waals surface area (Å²) in [5.41, 5.74) is 4.70. The minimum absolute atomic E-state index is 0.143. The van der Waals surface area contributed by atoms with E-state index < -0.39 is 24.3 Å². The van der Waals surface area contributed by atoms with Crippen molar-refractivity contribution in [3.63, 3.8) is 0 Å². The summed E-state index contributed by atoms with van der Waals surface area (Å²) in [4.78, 5) is 56.6. The van der Waals surface area contributed by atoms with Gasteiger partial charge in [0, 0.05) is 47.5 Å². The van der Waals surface area contributed by atoms with Gasteiger partial charge < -0.3 is 25.0 Å². The Morgan fingerprint density at radius 3 is 2.72 bits per heavy atom. The maximum Gasteiger partial charge on any atom is 0.412 e. The predicted molar refractivity (Wildman–Crippen MR) is 175 cm³/mol. The van der Waals surface area contributed by atoms with Gasteiger partial charge in [-0.3, -0.25) is 20.4 Å². The highest BCUT2D eigenvalue weighted by Crippen LogP contribution is 2.36. The molecule has 12 nitrogen and oxygen atoms in total. The van der Waals surface area contributed by atoms with Crippen molar-refractivity contribution in [2.24, 2.45) is 5.92 Å². The number of carbonyl (C=O) groups is 4. The minimum Gasteiger partial charge on any atom is -0.453 e. The van der Waals surface area contributed by atoms with Crippen LogP contribution < -0.4 is 21.3 Å². The predicted octanol–water partition coefficient (Wildman–Crippen LogP) is 7.10. The Morgan fingerprint density at radius 1 is 1.09 bits per heavy atom. The summed E-state index contributed by atoms with van der Waals surface area (Å²) in [6.07, 6.45) is 3.04. The first-order chi connectivity index (χ1) is 22.1.